The fraction of sp³-hybridized carbons (Fsp3) is 0.100. The lowest BCUT2D eigenvalue weighted by molar-refractivity contribution is -0.0688. The van der Waals surface area contributed by atoms with Crippen LogP contribution in [-0.2, 0) is 0 Å². The van der Waals surface area contributed by atoms with E-state index in [2.05, 4.69) is 28.4 Å². The topological polar surface area (TPSA) is 46.0 Å². The number of pyridine rings is 2. The Morgan fingerprint density at radius 2 is 1.93 bits per heavy atom. The highest BCUT2D eigenvalue weighted by Crippen LogP contribution is 2.36. The van der Waals surface area contributed by atoms with Crippen LogP contribution in [0.2, 0.25) is 5.02 Å². The monoisotopic (exact) mass is 388 g/mol. The van der Waals surface area contributed by atoms with Crippen molar-refractivity contribution in [1.82, 2.24) is 9.97 Å². The lowest BCUT2D eigenvalue weighted by atomic mass is 10.0. The van der Waals surface area contributed by atoms with Gasteiger partial charge in [0.25, 0.3) is 0 Å². The highest BCUT2D eigenvalue weighted by atomic mass is 35.5. The Bertz CT molecular complexity index is 1070. The molecule has 0 fully saturated rings. The van der Waals surface area contributed by atoms with Gasteiger partial charge < -0.3 is 5.11 Å². The number of rotatable bonds is 2. The van der Waals surface area contributed by atoms with Crippen LogP contribution in [-0.4, -0.2) is 21.3 Å². The Morgan fingerprint density at radius 3 is 2.59 bits per heavy atom. The number of aliphatic hydroxyl groups is 1. The molecule has 0 aliphatic carbocycles. The van der Waals surface area contributed by atoms with Gasteiger partial charge in [-0.05, 0) is 30.2 Å². The van der Waals surface area contributed by atoms with Crippen LogP contribution in [0.5, 0.6) is 0 Å². The van der Waals surface area contributed by atoms with Crippen LogP contribution < -0.4 is 0 Å². The van der Waals surface area contributed by atoms with Crippen molar-refractivity contribution in [1.29, 1.82) is 0 Å². The molecule has 0 radical (unpaired) electrons. The standard InChI is InChI=1S/C20H12ClF3N2O/c1-12(20(22,23)24)19-14-5-4-6-16(21)15(14)11-13(26-19)8-9-18(27)17-7-2-3-10-25-17/h2-7,10-11,18,27H,1H2. The number of nitrogens with zero attached hydrogens (tertiary/aromatic N) is 2. The molecule has 7 heteroatoms. The second-order valence-electron chi connectivity index (χ2n) is 5.59. The van der Waals surface area contributed by atoms with Crippen molar-refractivity contribution in [3.63, 3.8) is 0 Å². The predicted octanol–water partition coefficient (Wildman–Crippen LogP) is 4.94. The van der Waals surface area contributed by atoms with Crippen molar-refractivity contribution in [2.24, 2.45) is 0 Å². The molecule has 0 saturated heterocycles. The van der Waals surface area contributed by atoms with Crippen molar-refractivity contribution >= 4 is 27.9 Å². The minimum atomic E-state index is -4.65. The smallest absolute Gasteiger partial charge is 0.374 e. The van der Waals surface area contributed by atoms with Crippen LogP contribution in [0, 0.1) is 11.8 Å². The summed E-state index contributed by atoms with van der Waals surface area (Å²) in [6.07, 6.45) is -4.36. The molecule has 0 aliphatic heterocycles. The van der Waals surface area contributed by atoms with Gasteiger partial charge in [0, 0.05) is 22.0 Å². The van der Waals surface area contributed by atoms with E-state index >= 15 is 0 Å². The third-order valence-electron chi connectivity index (χ3n) is 3.75. The van der Waals surface area contributed by atoms with Crippen LogP contribution in [0.25, 0.3) is 16.3 Å². The zero-order valence-electron chi connectivity index (χ0n) is 13.8. The van der Waals surface area contributed by atoms with E-state index in [0.29, 0.717) is 11.1 Å². The van der Waals surface area contributed by atoms with Crippen LogP contribution in [0.4, 0.5) is 13.2 Å². The van der Waals surface area contributed by atoms with Crippen molar-refractivity contribution in [3.8, 4) is 11.8 Å². The molecule has 0 amide bonds. The summed E-state index contributed by atoms with van der Waals surface area (Å²) in [7, 11) is 0. The number of aliphatic hydroxyl groups excluding tert-OH is 1. The van der Waals surface area contributed by atoms with Crippen LogP contribution in [0.1, 0.15) is 23.2 Å². The molecular formula is C20H12ClF3N2O. The van der Waals surface area contributed by atoms with Crippen LogP contribution in [0.15, 0.2) is 55.2 Å². The number of halogens is 4. The molecule has 1 atom stereocenters. The zero-order chi connectivity index (χ0) is 19.6. The lowest BCUT2D eigenvalue weighted by Gasteiger charge is -2.13. The van der Waals surface area contributed by atoms with Gasteiger partial charge in [-0.3, -0.25) is 4.98 Å². The SMILES string of the molecule is C=C(c1nc(C#CC(O)c2ccccn2)cc2c(Cl)cccc12)C(F)(F)F. The summed E-state index contributed by atoms with van der Waals surface area (Å²) in [6, 6.07) is 11.0. The number of allylic oxidation sites excluding steroid dienone is 1. The van der Waals surface area contributed by atoms with Gasteiger partial charge in [0.2, 0.25) is 0 Å². The van der Waals surface area contributed by atoms with E-state index < -0.39 is 17.9 Å². The lowest BCUT2D eigenvalue weighted by Crippen LogP contribution is -2.11. The molecule has 27 heavy (non-hydrogen) atoms. The first-order valence-electron chi connectivity index (χ1n) is 7.73. The Hall–Kier alpha value is -2.88. The fourth-order valence-corrected chi connectivity index (χ4v) is 2.65. The number of hydrogen-bond acceptors (Lipinski definition) is 3. The normalized spacial score (nSPS) is 12.3. The predicted molar refractivity (Wildman–Crippen MR) is 97.9 cm³/mol. The average Bonchev–Trinajstić information content (AvgIpc) is 2.65. The highest BCUT2D eigenvalue weighted by Gasteiger charge is 2.35. The van der Waals surface area contributed by atoms with E-state index in [1.165, 1.54) is 24.4 Å². The van der Waals surface area contributed by atoms with Gasteiger partial charge >= 0.3 is 6.18 Å². The van der Waals surface area contributed by atoms with Crippen molar-refractivity contribution in [3.05, 3.63) is 77.3 Å². The molecule has 2 heterocycles. The molecular weight excluding hydrogens is 377 g/mol. The summed E-state index contributed by atoms with van der Waals surface area (Å²) in [5, 5.41) is 10.9. The number of fused-ring (bicyclic) bond motifs is 1. The molecule has 3 aromatic rings. The fourth-order valence-electron chi connectivity index (χ4n) is 2.42. The Labute approximate surface area is 158 Å². The summed E-state index contributed by atoms with van der Waals surface area (Å²) in [5.41, 5.74) is -1.09. The van der Waals surface area contributed by atoms with E-state index in [9.17, 15) is 18.3 Å². The van der Waals surface area contributed by atoms with Gasteiger partial charge in [-0.15, -0.1) is 0 Å². The Balaban J connectivity index is 2.11. The van der Waals surface area contributed by atoms with Crippen LogP contribution in [0.3, 0.4) is 0 Å². The van der Waals surface area contributed by atoms with E-state index in [0.717, 1.165) is 0 Å². The highest BCUT2D eigenvalue weighted by molar-refractivity contribution is 6.35. The number of alkyl halides is 3. The summed E-state index contributed by atoms with van der Waals surface area (Å²) < 4.78 is 39.5. The Morgan fingerprint density at radius 1 is 1.15 bits per heavy atom. The maximum atomic E-state index is 13.2. The van der Waals surface area contributed by atoms with Crippen molar-refractivity contribution < 1.29 is 18.3 Å². The van der Waals surface area contributed by atoms with Gasteiger partial charge in [-0.1, -0.05) is 42.3 Å². The molecule has 1 unspecified atom stereocenters. The zero-order valence-corrected chi connectivity index (χ0v) is 14.5. The molecule has 0 aliphatic rings. The summed E-state index contributed by atoms with van der Waals surface area (Å²) in [4.78, 5) is 7.97. The first kappa shape index (κ1) is 18.9. The second kappa shape index (κ2) is 7.39. The first-order chi connectivity index (χ1) is 12.8. The third-order valence-corrected chi connectivity index (χ3v) is 4.08. The van der Waals surface area contributed by atoms with E-state index in [-0.39, 0.29) is 21.8 Å². The average molecular weight is 389 g/mol. The van der Waals surface area contributed by atoms with Gasteiger partial charge in [0.05, 0.1) is 17.0 Å². The summed E-state index contributed by atoms with van der Waals surface area (Å²) >= 11 is 6.13. The van der Waals surface area contributed by atoms with E-state index in [1.807, 2.05) is 0 Å². The number of benzene rings is 1. The van der Waals surface area contributed by atoms with E-state index in [1.54, 1.807) is 24.3 Å². The minimum Gasteiger partial charge on any atom is -0.374 e. The second-order valence-corrected chi connectivity index (χ2v) is 6.00. The molecule has 2 aromatic heterocycles. The largest absolute Gasteiger partial charge is 0.417 e. The molecule has 0 saturated carbocycles. The van der Waals surface area contributed by atoms with E-state index in [4.69, 9.17) is 11.6 Å². The molecule has 1 aromatic carbocycles. The molecule has 136 valence electrons. The summed E-state index contributed by atoms with van der Waals surface area (Å²) in [6.45, 7) is 3.12. The van der Waals surface area contributed by atoms with Gasteiger partial charge in [0.15, 0.2) is 6.10 Å². The molecule has 0 spiro atoms. The molecule has 3 nitrogen and oxygen atoms in total. The Kier molecular flexibility index (Phi) is 5.17. The maximum absolute atomic E-state index is 13.2. The van der Waals surface area contributed by atoms with Crippen LogP contribution >= 0.6 is 11.6 Å². The minimum absolute atomic E-state index is 0.0333. The molecule has 1 N–H and O–H groups in total. The number of aromatic nitrogens is 2. The van der Waals surface area contributed by atoms with Gasteiger partial charge in [-0.2, -0.15) is 13.2 Å². The van der Waals surface area contributed by atoms with Crippen molar-refractivity contribution in [2.45, 2.75) is 12.3 Å². The first-order valence-corrected chi connectivity index (χ1v) is 8.11. The maximum Gasteiger partial charge on any atom is 0.417 e. The quantitative estimate of drug-likeness (QED) is 0.632. The molecule has 3 rings (SSSR count). The number of hydrogen-bond donors (Lipinski definition) is 1. The third kappa shape index (κ3) is 4.11. The van der Waals surface area contributed by atoms with Gasteiger partial charge in [-0.25, -0.2) is 4.98 Å². The van der Waals surface area contributed by atoms with Gasteiger partial charge in [0.1, 0.15) is 5.69 Å². The van der Waals surface area contributed by atoms with Crippen molar-refractivity contribution in [2.75, 3.05) is 0 Å². The molecule has 0 bridgehead atoms. The summed E-state index contributed by atoms with van der Waals surface area (Å²) in [5.74, 6) is 5.12.